The molecule has 0 aromatic heterocycles. The fourth-order valence-corrected chi connectivity index (χ4v) is 2.59. The molecule has 1 N–H and O–H groups in total. The maximum absolute atomic E-state index is 12.7. The number of carbonyl (C=O) groups is 2. The molecule has 5 heteroatoms. The Morgan fingerprint density at radius 1 is 1.00 bits per heavy atom. The summed E-state index contributed by atoms with van der Waals surface area (Å²) in [5.74, 6) is -0.300. The second kappa shape index (κ2) is 10.2. The lowest BCUT2D eigenvalue weighted by Crippen LogP contribution is -2.36. The molecule has 0 aliphatic carbocycles. The maximum Gasteiger partial charge on any atom is 0.322 e. The van der Waals surface area contributed by atoms with Gasteiger partial charge >= 0.3 is 12.0 Å². The fraction of sp³-hybridized carbons (Fsp3) is 0.333. The molecule has 0 spiro atoms. The third-order valence-corrected chi connectivity index (χ3v) is 3.98. The van der Waals surface area contributed by atoms with Crippen LogP contribution in [0.3, 0.4) is 0 Å². The van der Waals surface area contributed by atoms with Crippen LogP contribution in [0.4, 0.5) is 10.5 Å². The van der Waals surface area contributed by atoms with Crippen molar-refractivity contribution in [3.63, 3.8) is 0 Å². The quantitative estimate of drug-likeness (QED) is 0.722. The number of anilines is 1. The predicted octanol–water partition coefficient (Wildman–Crippen LogP) is 4.24. The van der Waals surface area contributed by atoms with Gasteiger partial charge in [0.25, 0.3) is 0 Å². The lowest BCUT2D eigenvalue weighted by molar-refractivity contribution is -0.143. The number of carbonyl (C=O) groups excluding carboxylic acids is 2. The zero-order valence-electron chi connectivity index (χ0n) is 15.4. The highest BCUT2D eigenvalue weighted by Gasteiger charge is 2.16. The van der Waals surface area contributed by atoms with Crippen molar-refractivity contribution in [3.8, 4) is 0 Å². The van der Waals surface area contributed by atoms with Gasteiger partial charge in [0.1, 0.15) is 0 Å². The maximum atomic E-state index is 12.7. The fourth-order valence-electron chi connectivity index (χ4n) is 2.59. The van der Waals surface area contributed by atoms with Crippen LogP contribution in [0.2, 0.25) is 0 Å². The highest BCUT2D eigenvalue weighted by atomic mass is 16.5. The molecule has 0 radical (unpaired) electrons. The van der Waals surface area contributed by atoms with E-state index in [9.17, 15) is 9.59 Å². The molecule has 5 nitrogen and oxygen atoms in total. The monoisotopic (exact) mass is 354 g/mol. The number of hydrogen-bond donors (Lipinski definition) is 1. The van der Waals surface area contributed by atoms with Crippen molar-refractivity contribution in [2.45, 2.75) is 33.2 Å². The van der Waals surface area contributed by atoms with E-state index in [1.165, 1.54) is 0 Å². The van der Waals surface area contributed by atoms with E-state index in [0.29, 0.717) is 19.7 Å². The first-order valence-electron chi connectivity index (χ1n) is 8.96. The van der Waals surface area contributed by atoms with E-state index in [4.69, 9.17) is 4.74 Å². The summed E-state index contributed by atoms with van der Waals surface area (Å²) in [6, 6.07) is 17.3. The zero-order chi connectivity index (χ0) is 18.8. The van der Waals surface area contributed by atoms with Crippen LogP contribution in [-0.4, -0.2) is 30.1 Å². The highest BCUT2D eigenvalue weighted by molar-refractivity contribution is 5.89. The summed E-state index contributed by atoms with van der Waals surface area (Å²) in [5.41, 5.74) is 2.92. The molecule has 138 valence electrons. The molecule has 0 bridgehead atoms. The minimum absolute atomic E-state index is 0.170. The van der Waals surface area contributed by atoms with E-state index >= 15 is 0 Å². The Bertz CT molecular complexity index is 716. The van der Waals surface area contributed by atoms with E-state index in [2.05, 4.69) is 12.2 Å². The van der Waals surface area contributed by atoms with E-state index in [-0.39, 0.29) is 18.4 Å². The highest BCUT2D eigenvalue weighted by Crippen LogP contribution is 2.13. The number of hydrogen-bond acceptors (Lipinski definition) is 3. The van der Waals surface area contributed by atoms with Crippen LogP contribution >= 0.6 is 0 Å². The molecule has 0 saturated carbocycles. The van der Waals surface area contributed by atoms with Crippen LogP contribution in [0, 0.1) is 0 Å². The third kappa shape index (κ3) is 6.24. The van der Waals surface area contributed by atoms with Crippen molar-refractivity contribution in [2.75, 3.05) is 18.5 Å². The molecule has 0 saturated heterocycles. The Labute approximate surface area is 155 Å². The van der Waals surface area contributed by atoms with Gasteiger partial charge in [0.05, 0.1) is 13.0 Å². The Morgan fingerprint density at radius 2 is 1.73 bits per heavy atom. The van der Waals surface area contributed by atoms with Crippen LogP contribution in [0.15, 0.2) is 54.6 Å². The number of nitrogens with zero attached hydrogens (tertiary/aromatic N) is 1. The number of urea groups is 1. The number of aryl methyl sites for hydroxylation is 1. The second-order valence-electron chi connectivity index (χ2n) is 5.95. The average Bonchev–Trinajstić information content (AvgIpc) is 2.66. The molecular weight excluding hydrogens is 328 g/mol. The molecule has 26 heavy (non-hydrogen) atoms. The summed E-state index contributed by atoms with van der Waals surface area (Å²) in [4.78, 5) is 26.1. The van der Waals surface area contributed by atoms with Crippen LogP contribution in [-0.2, 0) is 22.5 Å². The van der Waals surface area contributed by atoms with Crippen LogP contribution < -0.4 is 5.32 Å². The van der Waals surface area contributed by atoms with Gasteiger partial charge in [0.15, 0.2) is 0 Å². The topological polar surface area (TPSA) is 58.6 Å². The standard InChI is InChI=1S/C21H26N2O3/c1-3-17-11-8-12-19(15-17)22-21(25)23(14-13-20(24)26-4-2)16-18-9-6-5-7-10-18/h5-12,15H,3-4,13-14,16H2,1-2H3,(H,22,25). The van der Waals surface area contributed by atoms with Crippen molar-refractivity contribution < 1.29 is 14.3 Å². The molecule has 0 atom stereocenters. The first-order valence-corrected chi connectivity index (χ1v) is 8.96. The van der Waals surface area contributed by atoms with E-state index in [0.717, 1.165) is 23.2 Å². The second-order valence-corrected chi connectivity index (χ2v) is 5.95. The van der Waals surface area contributed by atoms with E-state index in [1.807, 2.05) is 54.6 Å². The van der Waals surface area contributed by atoms with E-state index in [1.54, 1.807) is 11.8 Å². The van der Waals surface area contributed by atoms with Gasteiger partial charge in [-0.1, -0.05) is 49.4 Å². The molecule has 2 aromatic rings. The molecule has 0 aliphatic rings. The Hall–Kier alpha value is -2.82. The molecule has 2 amide bonds. The number of amides is 2. The molecule has 2 aromatic carbocycles. The minimum atomic E-state index is -0.300. The SMILES string of the molecule is CCOC(=O)CCN(Cc1ccccc1)C(=O)Nc1cccc(CC)c1. The summed E-state index contributed by atoms with van der Waals surface area (Å²) < 4.78 is 4.97. The summed E-state index contributed by atoms with van der Waals surface area (Å²) in [5, 5.41) is 2.93. The summed E-state index contributed by atoms with van der Waals surface area (Å²) in [6.45, 7) is 4.91. The van der Waals surface area contributed by atoms with Gasteiger partial charge in [0.2, 0.25) is 0 Å². The molecular formula is C21H26N2O3. The van der Waals surface area contributed by atoms with Crippen molar-refractivity contribution in [2.24, 2.45) is 0 Å². The summed E-state index contributed by atoms with van der Waals surface area (Å²) in [6.07, 6.45) is 1.07. The van der Waals surface area contributed by atoms with Crippen LogP contribution in [0.25, 0.3) is 0 Å². The Morgan fingerprint density at radius 3 is 2.42 bits per heavy atom. The van der Waals surface area contributed by atoms with Crippen molar-refractivity contribution >= 4 is 17.7 Å². The summed E-state index contributed by atoms with van der Waals surface area (Å²) in [7, 11) is 0. The first kappa shape index (κ1) is 19.5. The molecule has 0 fully saturated rings. The number of nitrogens with one attached hydrogen (secondary N) is 1. The molecule has 0 aliphatic heterocycles. The zero-order valence-corrected chi connectivity index (χ0v) is 15.4. The molecule has 2 rings (SSSR count). The lowest BCUT2D eigenvalue weighted by atomic mass is 10.1. The first-order chi connectivity index (χ1) is 12.6. The van der Waals surface area contributed by atoms with Crippen molar-refractivity contribution in [1.82, 2.24) is 4.90 Å². The van der Waals surface area contributed by atoms with Gasteiger partial charge < -0.3 is 15.0 Å². The minimum Gasteiger partial charge on any atom is -0.466 e. The number of rotatable bonds is 8. The predicted molar refractivity (Wildman–Crippen MR) is 103 cm³/mol. The van der Waals surface area contributed by atoms with Gasteiger partial charge in [-0.05, 0) is 36.6 Å². The van der Waals surface area contributed by atoms with Gasteiger partial charge in [-0.15, -0.1) is 0 Å². The van der Waals surface area contributed by atoms with Crippen LogP contribution in [0.1, 0.15) is 31.4 Å². The third-order valence-electron chi connectivity index (χ3n) is 3.98. The Kier molecular flexibility index (Phi) is 7.68. The Balaban J connectivity index is 2.07. The lowest BCUT2D eigenvalue weighted by Gasteiger charge is -2.23. The van der Waals surface area contributed by atoms with Crippen LogP contribution in [0.5, 0.6) is 0 Å². The normalized spacial score (nSPS) is 10.2. The van der Waals surface area contributed by atoms with Gasteiger partial charge in [-0.25, -0.2) is 4.79 Å². The van der Waals surface area contributed by atoms with Crippen molar-refractivity contribution in [1.29, 1.82) is 0 Å². The largest absolute Gasteiger partial charge is 0.466 e. The molecule has 0 heterocycles. The van der Waals surface area contributed by atoms with Gasteiger partial charge in [-0.3, -0.25) is 4.79 Å². The number of ether oxygens (including phenoxy) is 1. The van der Waals surface area contributed by atoms with Gasteiger partial charge in [0, 0.05) is 18.8 Å². The smallest absolute Gasteiger partial charge is 0.322 e. The average molecular weight is 354 g/mol. The number of esters is 1. The van der Waals surface area contributed by atoms with E-state index < -0.39 is 0 Å². The van der Waals surface area contributed by atoms with Crippen molar-refractivity contribution in [3.05, 3.63) is 65.7 Å². The van der Waals surface area contributed by atoms with Gasteiger partial charge in [-0.2, -0.15) is 0 Å². The number of benzene rings is 2. The summed E-state index contributed by atoms with van der Waals surface area (Å²) >= 11 is 0. The molecule has 0 unspecified atom stereocenters.